The highest BCUT2D eigenvalue weighted by atomic mass is 32.2. The van der Waals surface area contributed by atoms with Crippen LogP contribution in [-0.2, 0) is 21.8 Å². The lowest BCUT2D eigenvalue weighted by Crippen LogP contribution is -2.36. The van der Waals surface area contributed by atoms with Gasteiger partial charge in [0.05, 0.1) is 13.2 Å². The highest BCUT2D eigenvalue weighted by Gasteiger charge is 2.21. The molecule has 11 heteroatoms. The Hall–Kier alpha value is -3.18. The van der Waals surface area contributed by atoms with Crippen LogP contribution >= 0.6 is 0 Å². The highest BCUT2D eigenvalue weighted by molar-refractivity contribution is 7.92. The summed E-state index contributed by atoms with van der Waals surface area (Å²) in [5.74, 6) is 2.18. The van der Waals surface area contributed by atoms with E-state index in [1.165, 1.54) is 6.20 Å². The Morgan fingerprint density at radius 3 is 2.33 bits per heavy atom. The molecule has 10 nitrogen and oxygen atoms in total. The molecule has 176 valence electrons. The van der Waals surface area contributed by atoms with Crippen LogP contribution in [0.2, 0.25) is 0 Å². The van der Waals surface area contributed by atoms with E-state index in [0.717, 1.165) is 30.3 Å². The molecule has 0 radical (unpaired) electrons. The maximum Gasteiger partial charge on any atom is 0.280 e. The van der Waals surface area contributed by atoms with Crippen LogP contribution in [0, 0.1) is 6.92 Å². The van der Waals surface area contributed by atoms with E-state index in [1.807, 2.05) is 26.8 Å². The van der Waals surface area contributed by atoms with Crippen molar-refractivity contribution in [3.8, 4) is 0 Å². The van der Waals surface area contributed by atoms with E-state index in [0.29, 0.717) is 30.7 Å². The van der Waals surface area contributed by atoms with Crippen LogP contribution < -0.4 is 14.9 Å². The highest BCUT2D eigenvalue weighted by Crippen LogP contribution is 2.23. The van der Waals surface area contributed by atoms with Gasteiger partial charge >= 0.3 is 0 Å². The van der Waals surface area contributed by atoms with Crippen molar-refractivity contribution in [1.29, 1.82) is 0 Å². The lowest BCUT2D eigenvalue weighted by Gasteiger charge is -2.28. The zero-order chi connectivity index (χ0) is 23.6. The Morgan fingerprint density at radius 1 is 1.03 bits per heavy atom. The Bertz CT molecular complexity index is 1220. The van der Waals surface area contributed by atoms with Gasteiger partial charge in [0.15, 0.2) is 5.03 Å². The van der Waals surface area contributed by atoms with Crippen molar-refractivity contribution in [2.75, 3.05) is 41.2 Å². The van der Waals surface area contributed by atoms with Crippen molar-refractivity contribution in [2.45, 2.75) is 31.7 Å². The Labute approximate surface area is 194 Å². The predicted molar refractivity (Wildman–Crippen MR) is 128 cm³/mol. The molecule has 0 amide bonds. The smallest absolute Gasteiger partial charge is 0.280 e. The number of nitrogens with zero attached hydrogens (tertiary/aromatic N) is 5. The topological polar surface area (TPSA) is 114 Å². The summed E-state index contributed by atoms with van der Waals surface area (Å²) in [6, 6.07) is 8.87. The molecule has 2 N–H and O–H groups in total. The number of rotatable bonds is 7. The number of sulfonamides is 1. The van der Waals surface area contributed by atoms with E-state index < -0.39 is 10.0 Å². The van der Waals surface area contributed by atoms with Gasteiger partial charge in [-0.2, -0.15) is 13.4 Å². The first-order valence-electron chi connectivity index (χ1n) is 10.8. The first-order chi connectivity index (χ1) is 15.7. The third-order valence-electron chi connectivity index (χ3n) is 5.25. The SMILES string of the molecule is Cc1cc(N2CCOCC2)nc(Nc2ccc(NS(=O)(=O)c3cn(C)c(C(C)C)n3)cc2)n1. The monoisotopic (exact) mass is 471 g/mol. The number of benzene rings is 1. The van der Waals surface area contributed by atoms with Gasteiger partial charge in [0.2, 0.25) is 5.95 Å². The summed E-state index contributed by atoms with van der Waals surface area (Å²) in [6.45, 7) is 8.82. The van der Waals surface area contributed by atoms with E-state index in [4.69, 9.17) is 4.74 Å². The molecule has 1 saturated heterocycles. The third kappa shape index (κ3) is 5.42. The molecule has 33 heavy (non-hydrogen) atoms. The number of hydrogen-bond acceptors (Lipinski definition) is 8. The number of morpholine rings is 1. The fourth-order valence-electron chi connectivity index (χ4n) is 3.64. The third-order valence-corrected chi connectivity index (χ3v) is 6.50. The molecule has 0 saturated carbocycles. The van der Waals surface area contributed by atoms with Crippen LogP contribution in [-0.4, -0.2) is 54.2 Å². The van der Waals surface area contributed by atoms with Crippen molar-refractivity contribution in [3.05, 3.63) is 48.0 Å². The van der Waals surface area contributed by atoms with Crippen LogP contribution in [0.4, 0.5) is 23.1 Å². The van der Waals surface area contributed by atoms with Gasteiger partial charge in [-0.1, -0.05) is 13.8 Å². The summed E-state index contributed by atoms with van der Waals surface area (Å²) in [7, 11) is -2.00. The molecule has 0 bridgehead atoms. The first kappa shape index (κ1) is 23.0. The number of aryl methyl sites for hydroxylation is 2. The number of imidazole rings is 1. The maximum absolute atomic E-state index is 12.8. The van der Waals surface area contributed by atoms with Crippen LogP contribution in [0.1, 0.15) is 31.3 Å². The Morgan fingerprint density at radius 2 is 1.70 bits per heavy atom. The summed E-state index contributed by atoms with van der Waals surface area (Å²) in [5.41, 5.74) is 2.04. The second kappa shape index (κ2) is 9.36. The molecule has 0 unspecified atom stereocenters. The minimum Gasteiger partial charge on any atom is -0.378 e. The molecule has 1 aromatic carbocycles. The lowest BCUT2D eigenvalue weighted by atomic mass is 10.2. The minimum absolute atomic E-state index is 0.000274. The number of nitrogens with one attached hydrogen (secondary N) is 2. The van der Waals surface area contributed by atoms with E-state index in [9.17, 15) is 8.42 Å². The van der Waals surface area contributed by atoms with Crippen molar-refractivity contribution in [1.82, 2.24) is 19.5 Å². The molecule has 1 fully saturated rings. The van der Waals surface area contributed by atoms with Crippen molar-refractivity contribution >= 4 is 33.2 Å². The van der Waals surface area contributed by atoms with Gasteiger partial charge in [-0.25, -0.2) is 9.97 Å². The van der Waals surface area contributed by atoms with Crippen molar-refractivity contribution in [3.63, 3.8) is 0 Å². The van der Waals surface area contributed by atoms with E-state index in [1.54, 1.807) is 35.9 Å². The minimum atomic E-state index is -3.79. The van der Waals surface area contributed by atoms with Crippen molar-refractivity contribution in [2.24, 2.45) is 7.05 Å². The van der Waals surface area contributed by atoms with Crippen LogP contribution in [0.3, 0.4) is 0 Å². The van der Waals surface area contributed by atoms with Gasteiger partial charge in [-0.3, -0.25) is 4.72 Å². The van der Waals surface area contributed by atoms with Gasteiger partial charge < -0.3 is 19.5 Å². The Kier molecular flexibility index (Phi) is 6.52. The Balaban J connectivity index is 1.46. The summed E-state index contributed by atoms with van der Waals surface area (Å²) < 4.78 is 35.2. The molecule has 2 aromatic heterocycles. The largest absolute Gasteiger partial charge is 0.378 e. The van der Waals surface area contributed by atoms with Gasteiger partial charge in [-0.05, 0) is 31.2 Å². The van der Waals surface area contributed by atoms with Crippen molar-refractivity contribution < 1.29 is 13.2 Å². The van der Waals surface area contributed by atoms with E-state index in [2.05, 4.69) is 29.9 Å². The zero-order valence-corrected chi connectivity index (χ0v) is 20.1. The average Bonchev–Trinajstić information content (AvgIpc) is 3.18. The lowest BCUT2D eigenvalue weighted by molar-refractivity contribution is 0.122. The molecule has 0 atom stereocenters. The summed E-state index contributed by atoms with van der Waals surface area (Å²) in [4.78, 5) is 15.5. The molecular formula is C22H29N7O3S. The maximum atomic E-state index is 12.8. The molecule has 3 aromatic rings. The second-order valence-electron chi connectivity index (χ2n) is 8.30. The molecule has 0 spiro atoms. The van der Waals surface area contributed by atoms with Gasteiger partial charge in [-0.15, -0.1) is 0 Å². The predicted octanol–water partition coefficient (Wildman–Crippen LogP) is 3.02. The number of hydrogen-bond donors (Lipinski definition) is 2. The van der Waals surface area contributed by atoms with Gasteiger partial charge in [0.25, 0.3) is 10.0 Å². The van der Waals surface area contributed by atoms with E-state index >= 15 is 0 Å². The van der Waals surface area contributed by atoms with Crippen LogP contribution in [0.5, 0.6) is 0 Å². The molecule has 1 aliphatic heterocycles. The zero-order valence-electron chi connectivity index (χ0n) is 19.2. The fraction of sp³-hybridized carbons (Fsp3) is 0.409. The van der Waals surface area contributed by atoms with Gasteiger partial charge in [0, 0.05) is 55.4 Å². The average molecular weight is 472 g/mol. The fourth-order valence-corrected chi connectivity index (χ4v) is 4.70. The molecule has 4 rings (SSSR count). The molecule has 0 aliphatic carbocycles. The van der Waals surface area contributed by atoms with E-state index in [-0.39, 0.29) is 10.9 Å². The van der Waals surface area contributed by atoms with Gasteiger partial charge in [0.1, 0.15) is 11.6 Å². The number of anilines is 4. The number of aromatic nitrogens is 4. The first-order valence-corrected chi connectivity index (χ1v) is 12.3. The standard InChI is InChI=1S/C22H29N7O3S/c1-15(2)21-26-20(14-28(21)4)33(30,31)27-18-7-5-17(6-8-18)24-22-23-16(3)13-19(25-22)29-9-11-32-12-10-29/h5-8,13-15,27H,9-12H2,1-4H3,(H,23,24,25). The molecule has 3 heterocycles. The summed E-state index contributed by atoms with van der Waals surface area (Å²) >= 11 is 0. The summed E-state index contributed by atoms with van der Waals surface area (Å²) in [5, 5.41) is 3.20. The quantitative estimate of drug-likeness (QED) is 0.540. The molecule has 1 aliphatic rings. The second-order valence-corrected chi connectivity index (χ2v) is 9.93. The number of ether oxygens (including phenoxy) is 1. The van der Waals surface area contributed by atoms with Crippen LogP contribution in [0.25, 0.3) is 0 Å². The normalized spacial score (nSPS) is 14.5. The summed E-state index contributed by atoms with van der Waals surface area (Å²) in [6.07, 6.45) is 1.52. The van der Waals surface area contributed by atoms with Crippen LogP contribution in [0.15, 0.2) is 41.6 Å². The molecular weight excluding hydrogens is 442 g/mol.